The predicted molar refractivity (Wildman–Crippen MR) is 334 cm³/mol. The second-order valence-electron chi connectivity index (χ2n) is 20.2. The van der Waals surface area contributed by atoms with Gasteiger partial charge in [-0.15, -0.1) is 0 Å². The van der Waals surface area contributed by atoms with E-state index < -0.39 is 12.1 Å². The third-order valence-corrected chi connectivity index (χ3v) is 12.9. The minimum absolute atomic E-state index is 0.0883. The fraction of sp³-hybridized carbons (Fsp3) is 0.620. The highest BCUT2D eigenvalue weighted by atomic mass is 16.6. The van der Waals surface area contributed by atoms with E-state index >= 15 is 0 Å². The van der Waals surface area contributed by atoms with Gasteiger partial charge in [-0.2, -0.15) is 0 Å². The molecule has 77 heavy (non-hydrogen) atoms. The van der Waals surface area contributed by atoms with E-state index in [1.54, 1.807) is 6.08 Å². The summed E-state index contributed by atoms with van der Waals surface area (Å²) >= 11 is 0. The van der Waals surface area contributed by atoms with E-state index in [4.69, 9.17) is 14.2 Å². The Morgan fingerprint density at radius 3 is 0.792 bits per heavy atom. The monoisotopic (exact) mass is 1060 g/mol. The van der Waals surface area contributed by atoms with Gasteiger partial charge in [-0.1, -0.05) is 276 Å². The Morgan fingerprint density at radius 1 is 0.273 bits per heavy atom. The molecule has 434 valence electrons. The molecule has 0 aliphatic heterocycles. The molecule has 1 atom stereocenters. The number of carbonyl (C=O) groups excluding carboxylic acids is 3. The molecule has 1 unspecified atom stereocenters. The highest BCUT2D eigenvalue weighted by Gasteiger charge is 2.19. The molecule has 0 radical (unpaired) electrons. The Labute approximate surface area is 474 Å². The highest BCUT2D eigenvalue weighted by molar-refractivity contribution is 5.72. The Balaban J connectivity index is 4.34. The van der Waals surface area contributed by atoms with Crippen LogP contribution in [0.25, 0.3) is 0 Å². The van der Waals surface area contributed by atoms with Gasteiger partial charge >= 0.3 is 17.9 Å². The number of hydrogen-bond donors (Lipinski definition) is 0. The maximum absolute atomic E-state index is 12.8. The van der Waals surface area contributed by atoms with Gasteiger partial charge in [-0.3, -0.25) is 14.4 Å². The second-order valence-corrected chi connectivity index (χ2v) is 20.2. The summed E-state index contributed by atoms with van der Waals surface area (Å²) in [4.78, 5) is 38.2. The first-order chi connectivity index (χ1) is 38.0. The molecular formula is C71H114O6. The quantitative estimate of drug-likeness (QED) is 0.0261. The molecule has 0 aliphatic carbocycles. The summed E-state index contributed by atoms with van der Waals surface area (Å²) < 4.78 is 16.8. The molecule has 0 saturated heterocycles. The van der Waals surface area contributed by atoms with Crippen molar-refractivity contribution in [1.82, 2.24) is 0 Å². The van der Waals surface area contributed by atoms with E-state index in [0.29, 0.717) is 19.3 Å². The largest absolute Gasteiger partial charge is 0.462 e. The zero-order chi connectivity index (χ0) is 55.7. The van der Waals surface area contributed by atoms with Crippen molar-refractivity contribution in [1.29, 1.82) is 0 Å². The number of rotatable bonds is 55. The number of carbonyl (C=O) groups is 3. The molecule has 0 amide bonds. The Bertz CT molecular complexity index is 1700. The third-order valence-electron chi connectivity index (χ3n) is 12.9. The number of allylic oxidation sites excluding steroid dienone is 23. The van der Waals surface area contributed by atoms with E-state index in [2.05, 4.69) is 154 Å². The van der Waals surface area contributed by atoms with Crippen molar-refractivity contribution < 1.29 is 28.6 Å². The van der Waals surface area contributed by atoms with Gasteiger partial charge in [0.2, 0.25) is 0 Å². The molecule has 0 bridgehead atoms. The summed E-state index contributed by atoms with van der Waals surface area (Å²) in [5, 5.41) is 0. The van der Waals surface area contributed by atoms with Crippen molar-refractivity contribution in [2.24, 2.45) is 0 Å². The van der Waals surface area contributed by atoms with Gasteiger partial charge in [0.05, 0.1) is 6.42 Å². The van der Waals surface area contributed by atoms with Crippen molar-refractivity contribution >= 4 is 17.9 Å². The van der Waals surface area contributed by atoms with Crippen molar-refractivity contribution in [2.45, 2.75) is 271 Å². The van der Waals surface area contributed by atoms with Crippen LogP contribution in [0.5, 0.6) is 0 Å². The standard InChI is InChI=1S/C71H114O6/c1-4-7-10-13-16-19-22-25-28-29-30-31-32-33-34-35-36-37-38-39-40-41-44-46-49-52-55-58-61-64-70(73)76-67-68(77-71(74)65-62-59-56-53-50-47-43-27-24-21-18-15-12-9-6-3)66-75-69(72)63-60-57-54-51-48-45-42-26-23-20-17-14-11-8-5-2/h7-12,16-21,25-28,30-31,42-43,50,53,59,62,68H,4-6,13-15,22-24,29,32-41,44-49,51-52,54-58,60-61,63-67H2,1-3H3/b10-7-,11-8-,12-9-,19-16-,20-17-,21-18-,28-25-,31-30-,42-26-,43-27-,53-50-,62-59-. The summed E-state index contributed by atoms with van der Waals surface area (Å²) in [6.45, 7) is 6.20. The Hall–Kier alpha value is -4.71. The zero-order valence-corrected chi connectivity index (χ0v) is 49.7. The topological polar surface area (TPSA) is 78.9 Å². The van der Waals surface area contributed by atoms with E-state index in [-0.39, 0.29) is 31.6 Å². The van der Waals surface area contributed by atoms with E-state index in [9.17, 15) is 14.4 Å². The smallest absolute Gasteiger partial charge is 0.310 e. The van der Waals surface area contributed by atoms with Crippen LogP contribution in [-0.4, -0.2) is 37.2 Å². The van der Waals surface area contributed by atoms with Crippen LogP contribution in [0.1, 0.15) is 265 Å². The zero-order valence-electron chi connectivity index (χ0n) is 49.7. The molecule has 6 nitrogen and oxygen atoms in total. The van der Waals surface area contributed by atoms with Crippen molar-refractivity contribution in [2.75, 3.05) is 13.2 Å². The normalized spacial score (nSPS) is 13.1. The van der Waals surface area contributed by atoms with Gasteiger partial charge in [0.15, 0.2) is 6.10 Å². The molecular weight excluding hydrogens is 949 g/mol. The summed E-state index contributed by atoms with van der Waals surface area (Å²) in [5.74, 6) is -1.07. The first-order valence-corrected chi connectivity index (χ1v) is 31.3. The van der Waals surface area contributed by atoms with Gasteiger partial charge in [0.25, 0.3) is 0 Å². The Morgan fingerprint density at radius 2 is 0.506 bits per heavy atom. The van der Waals surface area contributed by atoms with E-state index in [1.165, 1.54) is 89.9 Å². The highest BCUT2D eigenvalue weighted by Crippen LogP contribution is 2.16. The predicted octanol–water partition coefficient (Wildman–Crippen LogP) is 21.5. The van der Waals surface area contributed by atoms with Crippen LogP contribution in [0.4, 0.5) is 0 Å². The summed E-state index contributed by atoms with van der Waals surface area (Å²) in [5.41, 5.74) is 0. The number of unbranched alkanes of at least 4 members (excludes halogenated alkanes) is 21. The van der Waals surface area contributed by atoms with Crippen LogP contribution in [0.2, 0.25) is 0 Å². The minimum atomic E-state index is -0.845. The summed E-state index contributed by atoms with van der Waals surface area (Å²) in [6, 6.07) is 0. The molecule has 6 heteroatoms. The molecule has 0 rings (SSSR count). The van der Waals surface area contributed by atoms with Crippen LogP contribution in [0.3, 0.4) is 0 Å². The number of hydrogen-bond acceptors (Lipinski definition) is 6. The second kappa shape index (κ2) is 63.8. The molecule has 0 N–H and O–H groups in total. The van der Waals surface area contributed by atoms with E-state index in [1.807, 2.05) is 6.08 Å². The van der Waals surface area contributed by atoms with Gasteiger partial charge in [-0.25, -0.2) is 0 Å². The number of ether oxygens (including phenoxy) is 3. The maximum Gasteiger partial charge on any atom is 0.310 e. The molecule has 0 aromatic heterocycles. The molecule has 0 heterocycles. The maximum atomic E-state index is 12.8. The van der Waals surface area contributed by atoms with Crippen LogP contribution >= 0.6 is 0 Å². The molecule has 0 aromatic rings. The van der Waals surface area contributed by atoms with Gasteiger partial charge < -0.3 is 14.2 Å². The van der Waals surface area contributed by atoms with Gasteiger partial charge in [0, 0.05) is 12.8 Å². The van der Waals surface area contributed by atoms with Crippen molar-refractivity contribution in [3.8, 4) is 0 Å². The lowest BCUT2D eigenvalue weighted by atomic mass is 10.0. The van der Waals surface area contributed by atoms with Crippen molar-refractivity contribution in [3.05, 3.63) is 146 Å². The summed E-state index contributed by atoms with van der Waals surface area (Å²) in [7, 11) is 0. The average molecular weight is 1060 g/mol. The van der Waals surface area contributed by atoms with Gasteiger partial charge in [0.1, 0.15) is 13.2 Å². The Kier molecular flexibility index (Phi) is 59.9. The third kappa shape index (κ3) is 62.0. The first-order valence-electron chi connectivity index (χ1n) is 31.3. The summed E-state index contributed by atoms with van der Waals surface area (Å²) in [6.07, 6.45) is 91.8. The number of esters is 3. The molecule has 0 saturated carbocycles. The fourth-order valence-electron chi connectivity index (χ4n) is 8.29. The molecule has 0 spiro atoms. The lowest BCUT2D eigenvalue weighted by Crippen LogP contribution is -2.30. The molecule has 0 fully saturated rings. The lowest BCUT2D eigenvalue weighted by molar-refractivity contribution is -0.166. The van der Waals surface area contributed by atoms with Crippen LogP contribution in [0, 0.1) is 0 Å². The average Bonchev–Trinajstić information content (AvgIpc) is 3.43. The fourth-order valence-corrected chi connectivity index (χ4v) is 8.29. The molecule has 0 aliphatic rings. The minimum Gasteiger partial charge on any atom is -0.462 e. The van der Waals surface area contributed by atoms with E-state index in [0.717, 1.165) is 128 Å². The van der Waals surface area contributed by atoms with Crippen molar-refractivity contribution in [3.63, 3.8) is 0 Å². The first kappa shape index (κ1) is 72.3. The van der Waals surface area contributed by atoms with Crippen LogP contribution in [0.15, 0.2) is 146 Å². The lowest BCUT2D eigenvalue weighted by Gasteiger charge is -2.18. The van der Waals surface area contributed by atoms with Crippen LogP contribution in [-0.2, 0) is 28.6 Å². The SMILES string of the molecule is CC/C=C\C/C=C\C/C=C\C/C=C\C/C=C\CC(=O)OC(COC(=O)CCCCCCC/C=C\C/C=C\C/C=C\CC)COC(=O)CCCCCCCCCCCCCCCCCC/C=C\C/C=C\C/C=C\C/C=C\CC. The molecule has 0 aromatic carbocycles. The van der Waals surface area contributed by atoms with Gasteiger partial charge in [-0.05, 0) is 116 Å². The van der Waals surface area contributed by atoms with Crippen LogP contribution < -0.4 is 0 Å².